The minimum absolute atomic E-state index is 0. The van der Waals surface area contributed by atoms with Crippen molar-refractivity contribution in [3.05, 3.63) is 24.3 Å². The molecule has 0 aliphatic carbocycles. The minimum Gasteiger partial charge on any atom is -0.744 e. The smallest absolute Gasteiger partial charge is 0.744 e. The second-order valence-electron chi connectivity index (χ2n) is 3.83. The monoisotopic (exact) mass is 364 g/mol. The fourth-order valence-corrected chi connectivity index (χ4v) is 3.19. The van der Waals surface area contributed by atoms with E-state index >= 15 is 0 Å². The molecule has 0 unspecified atom stereocenters. The Hall–Kier alpha value is 0.120. The van der Waals surface area contributed by atoms with E-state index in [2.05, 4.69) is 0 Å². The standard InChI is InChI=1S/C10H8O8S2.2Na/c11-6-3-1-2-5-9(6)7(19(13,14)15)4-8(10(5)12)20(16,17)18;;/h1-4,11-12H,(H,13,14,15)(H,16,17,18);;/q;2*+1/p-2. The first kappa shape index (κ1) is 22.1. The maximum absolute atomic E-state index is 11.1. The Morgan fingerprint density at radius 2 is 1.36 bits per heavy atom. The Morgan fingerprint density at radius 1 is 0.864 bits per heavy atom. The van der Waals surface area contributed by atoms with Gasteiger partial charge in [-0.3, -0.25) is 0 Å². The summed E-state index contributed by atoms with van der Waals surface area (Å²) in [5, 5.41) is 18.3. The second-order valence-corrected chi connectivity index (χ2v) is 6.53. The summed E-state index contributed by atoms with van der Waals surface area (Å²) in [7, 11) is -10.4. The molecule has 0 saturated heterocycles. The molecule has 8 nitrogen and oxygen atoms in total. The van der Waals surface area contributed by atoms with Gasteiger partial charge in [-0.05, 0) is 12.1 Å². The summed E-state index contributed by atoms with van der Waals surface area (Å²) in [6, 6.07) is 3.53. The fourth-order valence-electron chi connectivity index (χ4n) is 1.78. The molecule has 0 heterocycles. The summed E-state index contributed by atoms with van der Waals surface area (Å²) < 4.78 is 66.4. The third-order valence-corrected chi connectivity index (χ3v) is 4.29. The van der Waals surface area contributed by atoms with Gasteiger partial charge >= 0.3 is 59.1 Å². The van der Waals surface area contributed by atoms with Crippen LogP contribution in [0.4, 0.5) is 0 Å². The number of hydrogen-bond donors (Lipinski definition) is 2. The van der Waals surface area contributed by atoms with Crippen LogP contribution in [0.25, 0.3) is 10.8 Å². The zero-order chi connectivity index (χ0) is 15.3. The molecule has 0 fully saturated rings. The van der Waals surface area contributed by atoms with Gasteiger partial charge in [0.2, 0.25) is 0 Å². The Morgan fingerprint density at radius 3 is 1.82 bits per heavy atom. The van der Waals surface area contributed by atoms with Crippen LogP contribution >= 0.6 is 0 Å². The van der Waals surface area contributed by atoms with Crippen LogP contribution < -0.4 is 59.1 Å². The molecule has 0 atom stereocenters. The van der Waals surface area contributed by atoms with Gasteiger partial charge < -0.3 is 19.3 Å². The molecular weight excluding hydrogens is 358 g/mol. The van der Waals surface area contributed by atoms with E-state index in [1.807, 2.05) is 0 Å². The van der Waals surface area contributed by atoms with Crippen LogP contribution in [0.5, 0.6) is 11.5 Å². The Labute approximate surface area is 170 Å². The van der Waals surface area contributed by atoms with Gasteiger partial charge in [0.05, 0.1) is 9.79 Å². The van der Waals surface area contributed by atoms with Crippen molar-refractivity contribution >= 4 is 31.0 Å². The fraction of sp³-hybridized carbons (Fsp3) is 0. The van der Waals surface area contributed by atoms with Gasteiger partial charge in [0.1, 0.15) is 31.7 Å². The van der Waals surface area contributed by atoms with E-state index in [0.717, 1.165) is 12.1 Å². The van der Waals surface area contributed by atoms with Gasteiger partial charge in [0.25, 0.3) is 0 Å². The second kappa shape index (κ2) is 7.34. The van der Waals surface area contributed by atoms with Crippen molar-refractivity contribution in [1.82, 2.24) is 0 Å². The number of fused-ring (bicyclic) bond motifs is 1. The number of rotatable bonds is 2. The van der Waals surface area contributed by atoms with Crippen molar-refractivity contribution in [2.75, 3.05) is 0 Å². The maximum atomic E-state index is 11.1. The molecule has 0 saturated carbocycles. The zero-order valence-corrected chi connectivity index (χ0v) is 17.1. The molecule has 0 aliphatic rings. The minimum atomic E-state index is -5.21. The van der Waals surface area contributed by atoms with Crippen LogP contribution in [0.3, 0.4) is 0 Å². The molecule has 108 valence electrons. The molecule has 0 aromatic heterocycles. The summed E-state index contributed by atoms with van der Waals surface area (Å²) in [6.07, 6.45) is 0. The van der Waals surface area contributed by atoms with E-state index in [9.17, 15) is 36.2 Å². The number of hydrogen-bond acceptors (Lipinski definition) is 8. The first-order chi connectivity index (χ1) is 9.03. The largest absolute Gasteiger partial charge is 1.00 e. The van der Waals surface area contributed by atoms with Crippen LogP contribution in [0.2, 0.25) is 0 Å². The quantitative estimate of drug-likeness (QED) is 0.394. The van der Waals surface area contributed by atoms with Gasteiger partial charge in [-0.25, -0.2) is 16.8 Å². The molecule has 2 aromatic rings. The Kier molecular flexibility index (Phi) is 7.38. The van der Waals surface area contributed by atoms with Crippen molar-refractivity contribution in [3.63, 3.8) is 0 Å². The van der Waals surface area contributed by atoms with Crippen LogP contribution in [-0.2, 0) is 20.2 Å². The van der Waals surface area contributed by atoms with E-state index in [0.29, 0.717) is 0 Å². The van der Waals surface area contributed by atoms with Crippen molar-refractivity contribution in [1.29, 1.82) is 0 Å². The van der Waals surface area contributed by atoms with Crippen LogP contribution in [-0.4, -0.2) is 36.2 Å². The average Bonchev–Trinajstić information content (AvgIpc) is 2.27. The summed E-state index contributed by atoms with van der Waals surface area (Å²) in [4.78, 5) is -2.34. The summed E-state index contributed by atoms with van der Waals surface area (Å²) in [5.41, 5.74) is 0. The Bertz CT molecular complexity index is 922. The molecule has 12 heteroatoms. The molecule has 22 heavy (non-hydrogen) atoms. The molecule has 2 rings (SSSR count). The summed E-state index contributed by atoms with van der Waals surface area (Å²) in [6.45, 7) is 0. The van der Waals surface area contributed by atoms with Crippen molar-refractivity contribution in [2.45, 2.75) is 9.79 Å². The number of phenolic OH excluding ortho intramolecular Hbond substituents is 2. The molecule has 0 radical (unpaired) electrons. The normalized spacial score (nSPS) is 11.5. The first-order valence-corrected chi connectivity index (χ1v) is 7.74. The molecule has 0 bridgehead atoms. The molecular formula is C10H6Na2O8S2. The molecule has 0 amide bonds. The average molecular weight is 364 g/mol. The van der Waals surface area contributed by atoms with Crippen molar-refractivity contribution in [2.24, 2.45) is 0 Å². The van der Waals surface area contributed by atoms with Gasteiger partial charge in [-0.15, -0.1) is 0 Å². The molecule has 0 aliphatic heterocycles. The van der Waals surface area contributed by atoms with E-state index in [4.69, 9.17) is 0 Å². The van der Waals surface area contributed by atoms with E-state index in [1.165, 1.54) is 6.07 Å². The van der Waals surface area contributed by atoms with Crippen molar-refractivity contribution in [3.8, 4) is 11.5 Å². The zero-order valence-electron chi connectivity index (χ0n) is 11.5. The van der Waals surface area contributed by atoms with E-state index in [1.54, 1.807) is 0 Å². The Balaban J connectivity index is 0.00000220. The third-order valence-electron chi connectivity index (χ3n) is 2.58. The number of aromatic hydroxyl groups is 2. The first-order valence-electron chi connectivity index (χ1n) is 4.93. The predicted molar refractivity (Wildman–Crippen MR) is 63.2 cm³/mol. The SMILES string of the molecule is O=S(=O)([O-])c1cc(S(=O)(=O)[O-])c2c(O)cccc2c1O.[Na+].[Na+]. The van der Waals surface area contributed by atoms with Gasteiger partial charge in [-0.2, -0.15) is 0 Å². The van der Waals surface area contributed by atoms with Crippen LogP contribution in [0, 0.1) is 0 Å². The molecule has 2 N–H and O–H groups in total. The van der Waals surface area contributed by atoms with Crippen molar-refractivity contribution < 1.29 is 95.3 Å². The van der Waals surface area contributed by atoms with E-state index < -0.39 is 52.3 Å². The number of phenols is 2. The van der Waals surface area contributed by atoms with Gasteiger partial charge in [0.15, 0.2) is 0 Å². The third kappa shape index (κ3) is 4.15. The van der Waals surface area contributed by atoms with Crippen LogP contribution in [0.1, 0.15) is 0 Å². The molecule has 2 aromatic carbocycles. The summed E-state index contributed by atoms with van der Waals surface area (Å²) >= 11 is 0. The van der Waals surface area contributed by atoms with Gasteiger partial charge in [-0.1, -0.05) is 12.1 Å². The maximum Gasteiger partial charge on any atom is 1.00 e. The summed E-state index contributed by atoms with van der Waals surface area (Å²) in [5.74, 6) is -1.68. The topological polar surface area (TPSA) is 155 Å². The van der Waals surface area contributed by atoms with Crippen LogP contribution in [0.15, 0.2) is 34.1 Å². The predicted octanol–water partition coefficient (Wildman–Crippen LogP) is -5.93. The van der Waals surface area contributed by atoms with Gasteiger partial charge in [0, 0.05) is 10.8 Å². The molecule has 0 spiro atoms. The van der Waals surface area contributed by atoms with E-state index in [-0.39, 0.29) is 65.2 Å². The number of benzene rings is 2.